The largest absolute Gasteiger partial charge is 0.354 e. The Morgan fingerprint density at radius 1 is 1.14 bits per heavy atom. The summed E-state index contributed by atoms with van der Waals surface area (Å²) in [5.41, 5.74) is 2.77. The Hall–Kier alpha value is -3.49. The Morgan fingerprint density at radius 2 is 1.97 bits per heavy atom. The van der Waals surface area contributed by atoms with Gasteiger partial charge in [-0.05, 0) is 25.7 Å². The van der Waals surface area contributed by atoms with Gasteiger partial charge in [0.25, 0.3) is 0 Å². The van der Waals surface area contributed by atoms with E-state index in [-0.39, 0.29) is 11.9 Å². The molecule has 0 aromatic carbocycles. The third-order valence-electron chi connectivity index (χ3n) is 5.46. The van der Waals surface area contributed by atoms with Crippen LogP contribution >= 0.6 is 0 Å². The number of amides is 1. The molecule has 3 N–H and O–H groups in total. The Morgan fingerprint density at radius 3 is 2.79 bits per heavy atom. The lowest BCUT2D eigenvalue weighted by Gasteiger charge is -2.29. The van der Waals surface area contributed by atoms with Crippen LogP contribution in [-0.4, -0.2) is 47.3 Å². The molecule has 0 atom stereocenters. The predicted molar refractivity (Wildman–Crippen MR) is 109 cm³/mol. The molecular weight excluding hydrogens is 368 g/mol. The summed E-state index contributed by atoms with van der Waals surface area (Å²) >= 11 is 0. The molecule has 0 unspecified atom stereocenters. The molecule has 9 heteroatoms. The molecule has 5 rings (SSSR count). The number of nitrogens with zero attached hydrogens (tertiary/aromatic N) is 5. The van der Waals surface area contributed by atoms with Crippen molar-refractivity contribution in [2.24, 2.45) is 0 Å². The van der Waals surface area contributed by atoms with E-state index in [1.54, 1.807) is 13.1 Å². The highest BCUT2D eigenvalue weighted by Crippen LogP contribution is 2.28. The van der Waals surface area contributed by atoms with E-state index in [9.17, 15) is 4.79 Å². The van der Waals surface area contributed by atoms with Gasteiger partial charge in [0.2, 0.25) is 17.6 Å². The van der Waals surface area contributed by atoms with E-state index in [4.69, 9.17) is 0 Å². The highest BCUT2D eigenvalue weighted by atomic mass is 16.1. The number of hydrogen-bond acceptors (Lipinski definition) is 6. The van der Waals surface area contributed by atoms with Gasteiger partial charge in [-0.25, -0.2) is 15.0 Å². The maximum Gasteiger partial charge on any atom is 0.233 e. The fourth-order valence-electron chi connectivity index (χ4n) is 4.02. The first-order chi connectivity index (χ1) is 14.2. The van der Waals surface area contributed by atoms with Crippen molar-refractivity contribution < 1.29 is 4.79 Å². The minimum Gasteiger partial charge on any atom is -0.354 e. The molecule has 0 saturated heterocycles. The van der Waals surface area contributed by atoms with Gasteiger partial charge in [0.1, 0.15) is 5.65 Å². The Bertz CT molecular complexity index is 1170. The molecule has 0 spiro atoms. The quantitative estimate of drug-likeness (QED) is 0.494. The van der Waals surface area contributed by atoms with Crippen LogP contribution in [0.5, 0.6) is 0 Å². The molecule has 1 saturated carbocycles. The summed E-state index contributed by atoms with van der Waals surface area (Å²) in [6.07, 6.45) is 15.1. The molecule has 0 radical (unpaired) electrons. The topological polar surface area (TPSA) is 113 Å². The van der Waals surface area contributed by atoms with Crippen LogP contribution in [0.3, 0.4) is 0 Å². The number of carbonyl (C=O) groups is 1. The zero-order valence-corrected chi connectivity index (χ0v) is 16.1. The second kappa shape index (κ2) is 7.16. The Kier molecular flexibility index (Phi) is 4.34. The fraction of sp³-hybridized carbons (Fsp3) is 0.350. The van der Waals surface area contributed by atoms with Crippen LogP contribution in [-0.2, 0) is 4.79 Å². The first-order valence-corrected chi connectivity index (χ1v) is 9.82. The van der Waals surface area contributed by atoms with E-state index >= 15 is 0 Å². The molecule has 1 aliphatic carbocycles. The third kappa shape index (κ3) is 3.51. The molecule has 0 aliphatic heterocycles. The van der Waals surface area contributed by atoms with Gasteiger partial charge in [-0.1, -0.05) is 0 Å². The van der Waals surface area contributed by atoms with Crippen molar-refractivity contribution in [3.05, 3.63) is 37.2 Å². The molecule has 1 aliphatic rings. The van der Waals surface area contributed by atoms with Gasteiger partial charge < -0.3 is 15.6 Å². The smallest absolute Gasteiger partial charge is 0.233 e. The summed E-state index contributed by atoms with van der Waals surface area (Å²) in [5, 5.41) is 7.39. The van der Waals surface area contributed by atoms with Gasteiger partial charge in [0.15, 0.2) is 0 Å². The highest BCUT2D eigenvalue weighted by Gasteiger charge is 2.22. The van der Waals surface area contributed by atoms with Crippen molar-refractivity contribution in [2.45, 2.75) is 44.7 Å². The number of nitrogens with one attached hydrogen (secondary N) is 3. The summed E-state index contributed by atoms with van der Waals surface area (Å²) in [7, 11) is 0. The van der Waals surface area contributed by atoms with E-state index in [0.717, 1.165) is 47.8 Å². The minimum atomic E-state index is 0.0418. The molecule has 9 nitrogen and oxygen atoms in total. The normalized spacial score (nSPS) is 19.5. The number of imidazole rings is 1. The van der Waals surface area contributed by atoms with Crippen molar-refractivity contribution in [3.8, 4) is 11.1 Å². The number of H-pyrrole nitrogens is 1. The van der Waals surface area contributed by atoms with E-state index in [0.29, 0.717) is 17.8 Å². The summed E-state index contributed by atoms with van der Waals surface area (Å²) in [5.74, 6) is 1.33. The number of aromatic amines is 1. The molecule has 0 bridgehead atoms. The number of fused-ring (bicyclic) bond motifs is 2. The number of aromatic nitrogens is 6. The number of hydrogen-bond donors (Lipinski definition) is 3. The lowest BCUT2D eigenvalue weighted by molar-refractivity contribution is -0.119. The van der Waals surface area contributed by atoms with Crippen LogP contribution < -0.4 is 10.6 Å². The molecule has 148 valence electrons. The molecule has 4 aromatic rings. The van der Waals surface area contributed by atoms with Gasteiger partial charge in [-0.3, -0.25) is 9.20 Å². The van der Waals surface area contributed by atoms with E-state index in [1.807, 2.05) is 35.4 Å². The van der Waals surface area contributed by atoms with Crippen molar-refractivity contribution in [3.63, 3.8) is 0 Å². The van der Waals surface area contributed by atoms with Crippen LogP contribution in [0.1, 0.15) is 32.6 Å². The SMILES string of the molecule is CC(=O)N[C@H]1CC[C@H](Nc2ncc3c(-c4cnc5nccn5c4)c[nH]c3n2)CC1. The van der Waals surface area contributed by atoms with Gasteiger partial charge in [-0.15, -0.1) is 0 Å². The first-order valence-electron chi connectivity index (χ1n) is 9.82. The van der Waals surface area contributed by atoms with Crippen LogP contribution in [0.2, 0.25) is 0 Å². The fourth-order valence-corrected chi connectivity index (χ4v) is 4.02. The van der Waals surface area contributed by atoms with Crippen molar-refractivity contribution in [2.75, 3.05) is 5.32 Å². The number of anilines is 1. The maximum atomic E-state index is 11.2. The van der Waals surface area contributed by atoms with E-state index < -0.39 is 0 Å². The lowest BCUT2D eigenvalue weighted by Crippen LogP contribution is -2.39. The lowest BCUT2D eigenvalue weighted by atomic mass is 9.91. The van der Waals surface area contributed by atoms with Crippen LogP contribution in [0.25, 0.3) is 27.9 Å². The molecule has 1 amide bonds. The van der Waals surface area contributed by atoms with Crippen LogP contribution in [0.15, 0.2) is 37.2 Å². The monoisotopic (exact) mass is 390 g/mol. The van der Waals surface area contributed by atoms with Crippen LogP contribution in [0, 0.1) is 0 Å². The summed E-state index contributed by atoms with van der Waals surface area (Å²) in [4.78, 5) is 32.2. The minimum absolute atomic E-state index is 0.0418. The van der Waals surface area contributed by atoms with Gasteiger partial charge in [0, 0.05) is 72.7 Å². The van der Waals surface area contributed by atoms with Gasteiger partial charge in [-0.2, -0.15) is 4.98 Å². The highest BCUT2D eigenvalue weighted by molar-refractivity contribution is 5.93. The van der Waals surface area contributed by atoms with Crippen LogP contribution in [0.4, 0.5) is 5.95 Å². The Balaban J connectivity index is 1.32. The van der Waals surface area contributed by atoms with E-state index in [2.05, 4.69) is 35.6 Å². The summed E-state index contributed by atoms with van der Waals surface area (Å²) in [6.45, 7) is 1.57. The summed E-state index contributed by atoms with van der Waals surface area (Å²) < 4.78 is 1.89. The molecule has 29 heavy (non-hydrogen) atoms. The second-order valence-electron chi connectivity index (χ2n) is 7.53. The summed E-state index contributed by atoms with van der Waals surface area (Å²) in [6, 6.07) is 0.598. The second-order valence-corrected chi connectivity index (χ2v) is 7.53. The zero-order valence-electron chi connectivity index (χ0n) is 16.1. The first kappa shape index (κ1) is 17.6. The van der Waals surface area contributed by atoms with Crippen molar-refractivity contribution >= 4 is 28.7 Å². The molecule has 1 fully saturated rings. The average Bonchev–Trinajstić information content (AvgIpc) is 3.35. The average molecular weight is 390 g/mol. The predicted octanol–water partition coefficient (Wildman–Crippen LogP) is 2.53. The third-order valence-corrected chi connectivity index (χ3v) is 5.46. The maximum absolute atomic E-state index is 11.2. The molecule has 4 heterocycles. The molecular formula is C20H22N8O. The standard InChI is InChI=1S/C20H22N8O/c1-12(29)25-14-2-4-15(5-3-14)26-19-23-10-17-16(9-22-18(17)27-19)13-8-24-20-21-6-7-28(20)11-13/h6-11,14-15H,2-5H2,1H3,(H,25,29)(H2,22,23,26,27)/t14-,15-. The molecule has 4 aromatic heterocycles. The Labute approximate surface area is 167 Å². The van der Waals surface area contributed by atoms with E-state index in [1.165, 1.54) is 0 Å². The number of rotatable bonds is 4. The zero-order chi connectivity index (χ0) is 19.8. The number of carbonyl (C=O) groups excluding carboxylic acids is 1. The van der Waals surface area contributed by atoms with Crippen molar-refractivity contribution in [1.29, 1.82) is 0 Å². The van der Waals surface area contributed by atoms with Gasteiger partial charge in [0.05, 0.1) is 0 Å². The van der Waals surface area contributed by atoms with Gasteiger partial charge >= 0.3 is 0 Å². The van der Waals surface area contributed by atoms with Crippen molar-refractivity contribution in [1.82, 2.24) is 34.6 Å².